The molecule has 3 rings (SSSR count). The first-order valence-corrected chi connectivity index (χ1v) is 11.3. The molecule has 0 unspecified atom stereocenters. The van der Waals surface area contributed by atoms with Crippen LogP contribution >= 0.6 is 11.6 Å². The lowest BCUT2D eigenvalue weighted by molar-refractivity contribution is 0.394. The molecular formula is C23H24ClNO5S. The molecule has 0 aliphatic rings. The Balaban J connectivity index is 2.20. The van der Waals surface area contributed by atoms with Crippen LogP contribution in [0.4, 0.5) is 5.69 Å². The minimum Gasteiger partial charge on any atom is -0.497 e. The highest BCUT2D eigenvalue weighted by Crippen LogP contribution is 2.35. The minimum absolute atomic E-state index is 0.0712. The van der Waals surface area contributed by atoms with E-state index in [1.54, 1.807) is 62.6 Å². The minimum atomic E-state index is -3.98. The molecule has 0 aromatic heterocycles. The Labute approximate surface area is 188 Å². The zero-order valence-corrected chi connectivity index (χ0v) is 19.3. The smallest absolute Gasteiger partial charge is 0.264 e. The van der Waals surface area contributed by atoms with Gasteiger partial charge in [0.25, 0.3) is 10.0 Å². The lowest BCUT2D eigenvalue weighted by Crippen LogP contribution is -2.31. The standard InChI is InChI=1S/C23H24ClNO5S/c1-16-22(24)9-6-10-23(16)31(26,27)25(15-17-7-5-8-19(11-17)28-2)18-12-20(29-3)14-21(13-18)30-4/h5-14H,15H2,1-4H3. The van der Waals surface area contributed by atoms with Crippen LogP contribution in [-0.2, 0) is 16.6 Å². The number of hydrogen-bond donors (Lipinski definition) is 0. The summed E-state index contributed by atoms with van der Waals surface area (Å²) in [6, 6.07) is 17.1. The van der Waals surface area contributed by atoms with Crippen molar-refractivity contribution in [2.24, 2.45) is 0 Å². The van der Waals surface area contributed by atoms with Crippen molar-refractivity contribution in [3.05, 3.63) is 76.8 Å². The molecule has 3 aromatic carbocycles. The van der Waals surface area contributed by atoms with Crippen LogP contribution in [-0.4, -0.2) is 29.7 Å². The van der Waals surface area contributed by atoms with Crippen molar-refractivity contribution >= 4 is 27.3 Å². The Hall–Kier alpha value is -2.90. The van der Waals surface area contributed by atoms with Gasteiger partial charge >= 0.3 is 0 Å². The van der Waals surface area contributed by atoms with Crippen LogP contribution < -0.4 is 18.5 Å². The molecule has 3 aromatic rings. The third kappa shape index (κ3) is 4.89. The SMILES string of the molecule is COc1cccc(CN(c2cc(OC)cc(OC)c2)S(=O)(=O)c2cccc(Cl)c2C)c1. The second kappa shape index (κ2) is 9.49. The molecule has 8 heteroatoms. The highest BCUT2D eigenvalue weighted by molar-refractivity contribution is 7.92. The maximum Gasteiger partial charge on any atom is 0.264 e. The van der Waals surface area contributed by atoms with Crippen molar-refractivity contribution in [3.63, 3.8) is 0 Å². The fourth-order valence-corrected chi connectivity index (χ4v) is 5.09. The molecule has 0 aliphatic carbocycles. The molecule has 0 heterocycles. The maximum atomic E-state index is 13.8. The summed E-state index contributed by atoms with van der Waals surface area (Å²) in [5, 5.41) is 0.380. The monoisotopic (exact) mass is 461 g/mol. The zero-order chi connectivity index (χ0) is 22.6. The Bertz CT molecular complexity index is 1160. The first kappa shape index (κ1) is 22.8. The Morgan fingerprint density at radius 2 is 1.45 bits per heavy atom. The van der Waals surface area contributed by atoms with Crippen LogP contribution in [0.5, 0.6) is 17.2 Å². The van der Waals surface area contributed by atoms with Crippen LogP contribution in [0.15, 0.2) is 65.6 Å². The first-order chi connectivity index (χ1) is 14.8. The van der Waals surface area contributed by atoms with E-state index in [1.165, 1.54) is 18.5 Å². The van der Waals surface area contributed by atoms with Crippen molar-refractivity contribution in [2.75, 3.05) is 25.6 Å². The third-order valence-corrected chi connectivity index (χ3v) is 7.20. The van der Waals surface area contributed by atoms with Crippen LogP contribution in [0.1, 0.15) is 11.1 Å². The molecule has 0 saturated heterocycles. The molecule has 0 saturated carbocycles. The Morgan fingerprint density at radius 1 is 0.839 bits per heavy atom. The van der Waals surface area contributed by atoms with Crippen molar-refractivity contribution in [3.8, 4) is 17.2 Å². The molecular weight excluding hydrogens is 438 g/mol. The molecule has 0 radical (unpaired) electrons. The van der Waals surface area contributed by atoms with Crippen molar-refractivity contribution in [1.82, 2.24) is 0 Å². The van der Waals surface area contributed by atoms with Crippen molar-refractivity contribution < 1.29 is 22.6 Å². The van der Waals surface area contributed by atoms with E-state index >= 15 is 0 Å². The summed E-state index contributed by atoms with van der Waals surface area (Å²) >= 11 is 6.23. The fourth-order valence-electron chi connectivity index (χ4n) is 3.17. The average Bonchev–Trinajstić information content (AvgIpc) is 2.78. The van der Waals surface area contributed by atoms with E-state index in [0.29, 0.717) is 33.5 Å². The summed E-state index contributed by atoms with van der Waals surface area (Å²) in [6.07, 6.45) is 0. The summed E-state index contributed by atoms with van der Waals surface area (Å²) in [5.74, 6) is 1.59. The van der Waals surface area contributed by atoms with Gasteiger partial charge < -0.3 is 14.2 Å². The van der Waals surface area contributed by atoms with Gasteiger partial charge in [-0.3, -0.25) is 4.31 Å². The highest BCUT2D eigenvalue weighted by Gasteiger charge is 2.28. The molecule has 0 fully saturated rings. The lowest BCUT2D eigenvalue weighted by Gasteiger charge is -2.26. The summed E-state index contributed by atoms with van der Waals surface area (Å²) in [6.45, 7) is 1.76. The van der Waals surface area contributed by atoms with Crippen LogP contribution in [0.3, 0.4) is 0 Å². The van der Waals surface area contributed by atoms with Gasteiger partial charge in [0, 0.05) is 23.2 Å². The van der Waals surface area contributed by atoms with E-state index in [-0.39, 0.29) is 11.4 Å². The fraction of sp³-hybridized carbons (Fsp3) is 0.217. The molecule has 0 bridgehead atoms. The summed E-state index contributed by atoms with van der Waals surface area (Å²) in [7, 11) is 0.616. The van der Waals surface area contributed by atoms with Gasteiger partial charge in [-0.1, -0.05) is 29.8 Å². The molecule has 164 valence electrons. The van der Waals surface area contributed by atoms with Crippen LogP contribution in [0.2, 0.25) is 5.02 Å². The molecule has 31 heavy (non-hydrogen) atoms. The number of rotatable bonds is 8. The molecule has 0 atom stereocenters. The van der Waals surface area contributed by atoms with E-state index in [0.717, 1.165) is 5.56 Å². The highest BCUT2D eigenvalue weighted by atomic mass is 35.5. The van der Waals surface area contributed by atoms with Gasteiger partial charge in [-0.2, -0.15) is 0 Å². The number of hydrogen-bond acceptors (Lipinski definition) is 5. The molecule has 0 amide bonds. The Morgan fingerprint density at radius 3 is 2.06 bits per heavy atom. The number of ether oxygens (including phenoxy) is 3. The quantitative estimate of drug-likeness (QED) is 0.468. The molecule has 0 spiro atoms. The first-order valence-electron chi connectivity index (χ1n) is 9.44. The zero-order valence-electron chi connectivity index (χ0n) is 17.8. The van der Waals surface area contributed by atoms with Crippen LogP contribution in [0, 0.1) is 6.92 Å². The lowest BCUT2D eigenvalue weighted by atomic mass is 10.2. The number of benzene rings is 3. The second-order valence-corrected chi connectivity index (χ2v) is 9.03. The van der Waals surface area contributed by atoms with Gasteiger partial charge in [-0.25, -0.2) is 8.42 Å². The van der Waals surface area contributed by atoms with E-state index in [9.17, 15) is 8.42 Å². The maximum absolute atomic E-state index is 13.8. The van der Waals surface area contributed by atoms with Crippen LogP contribution in [0.25, 0.3) is 0 Å². The number of sulfonamides is 1. The number of anilines is 1. The van der Waals surface area contributed by atoms with E-state index < -0.39 is 10.0 Å². The van der Waals surface area contributed by atoms with Gasteiger partial charge in [0.05, 0.1) is 38.5 Å². The summed E-state index contributed by atoms with van der Waals surface area (Å²) < 4.78 is 44.9. The number of nitrogens with zero attached hydrogens (tertiary/aromatic N) is 1. The van der Waals surface area contributed by atoms with Crippen molar-refractivity contribution in [2.45, 2.75) is 18.4 Å². The van der Waals surface area contributed by atoms with E-state index in [2.05, 4.69) is 0 Å². The molecule has 0 N–H and O–H groups in total. The van der Waals surface area contributed by atoms with Crippen molar-refractivity contribution in [1.29, 1.82) is 0 Å². The number of methoxy groups -OCH3 is 3. The number of halogens is 1. The largest absolute Gasteiger partial charge is 0.497 e. The molecule has 6 nitrogen and oxygen atoms in total. The predicted molar refractivity (Wildman–Crippen MR) is 122 cm³/mol. The normalized spacial score (nSPS) is 11.1. The van der Waals surface area contributed by atoms with E-state index in [4.69, 9.17) is 25.8 Å². The van der Waals surface area contributed by atoms with E-state index in [1.807, 2.05) is 12.1 Å². The van der Waals surface area contributed by atoms with Gasteiger partial charge in [0.15, 0.2) is 0 Å². The van der Waals surface area contributed by atoms with Gasteiger partial charge in [0.1, 0.15) is 17.2 Å². The van der Waals surface area contributed by atoms with Gasteiger partial charge in [0.2, 0.25) is 0 Å². The summed E-state index contributed by atoms with van der Waals surface area (Å²) in [4.78, 5) is 0.129. The van der Waals surface area contributed by atoms with Gasteiger partial charge in [-0.15, -0.1) is 0 Å². The third-order valence-electron chi connectivity index (χ3n) is 4.87. The predicted octanol–water partition coefficient (Wildman–Crippen LogP) is 5.07. The topological polar surface area (TPSA) is 65.1 Å². The van der Waals surface area contributed by atoms with Gasteiger partial charge in [-0.05, 0) is 42.3 Å². The molecule has 0 aliphatic heterocycles. The average molecular weight is 462 g/mol. The second-order valence-electron chi connectivity index (χ2n) is 6.80. The summed E-state index contributed by atoms with van der Waals surface area (Å²) in [5.41, 5.74) is 1.64. The Kier molecular flexibility index (Phi) is 6.97.